The molecule has 0 bridgehead atoms. The molecule has 0 heterocycles. The van der Waals surface area contributed by atoms with E-state index in [1.54, 1.807) is 13.0 Å². The Morgan fingerprint density at radius 3 is 2.61 bits per heavy atom. The number of benzene rings is 1. The second-order valence-corrected chi connectivity index (χ2v) is 3.69. The second-order valence-electron chi connectivity index (χ2n) is 3.69. The van der Waals surface area contributed by atoms with Gasteiger partial charge in [-0.15, -0.1) is 0 Å². The van der Waals surface area contributed by atoms with Gasteiger partial charge in [-0.1, -0.05) is 36.9 Å². The Morgan fingerprint density at radius 2 is 2.11 bits per heavy atom. The van der Waals surface area contributed by atoms with E-state index in [0.29, 0.717) is 5.70 Å². The van der Waals surface area contributed by atoms with E-state index in [-0.39, 0.29) is 5.70 Å². The minimum Gasteiger partial charge on any atom is -0.350 e. The average Bonchev–Trinajstić information content (AvgIpc) is 2.35. The van der Waals surface area contributed by atoms with Gasteiger partial charge in [0, 0.05) is 11.8 Å². The Kier molecular flexibility index (Phi) is 4.87. The SMILES string of the molecule is C=C/C=C(\C(=C/C)Nc1ccccc1C)[N+](=O)[O-]. The summed E-state index contributed by atoms with van der Waals surface area (Å²) in [4.78, 5) is 10.5. The first kappa shape index (κ1) is 13.7. The van der Waals surface area contributed by atoms with Crippen LogP contribution in [0.5, 0.6) is 0 Å². The zero-order valence-electron chi connectivity index (χ0n) is 10.5. The molecule has 0 aliphatic rings. The smallest absolute Gasteiger partial charge is 0.292 e. The fraction of sp³-hybridized carbons (Fsp3) is 0.143. The fourth-order valence-electron chi connectivity index (χ4n) is 1.50. The number of para-hydroxylation sites is 1. The van der Waals surface area contributed by atoms with Gasteiger partial charge in [-0.05, 0) is 25.5 Å². The number of allylic oxidation sites excluding steroid dienone is 3. The molecule has 4 heteroatoms. The van der Waals surface area contributed by atoms with Crippen LogP contribution in [0.4, 0.5) is 5.69 Å². The lowest BCUT2D eigenvalue weighted by Gasteiger charge is -2.10. The van der Waals surface area contributed by atoms with Crippen molar-refractivity contribution in [2.24, 2.45) is 0 Å². The minimum absolute atomic E-state index is 0.00393. The molecule has 0 saturated carbocycles. The average molecular weight is 244 g/mol. The first-order valence-corrected chi connectivity index (χ1v) is 5.56. The Morgan fingerprint density at radius 1 is 1.44 bits per heavy atom. The summed E-state index contributed by atoms with van der Waals surface area (Å²) in [6, 6.07) is 7.62. The highest BCUT2D eigenvalue weighted by molar-refractivity contribution is 5.57. The number of rotatable bonds is 5. The van der Waals surface area contributed by atoms with E-state index < -0.39 is 4.92 Å². The largest absolute Gasteiger partial charge is 0.350 e. The van der Waals surface area contributed by atoms with E-state index in [1.165, 1.54) is 12.2 Å². The lowest BCUT2D eigenvalue weighted by Crippen LogP contribution is -2.10. The maximum Gasteiger partial charge on any atom is 0.292 e. The molecule has 0 aliphatic heterocycles. The number of anilines is 1. The summed E-state index contributed by atoms with van der Waals surface area (Å²) in [7, 11) is 0. The molecule has 94 valence electrons. The Labute approximate surface area is 106 Å². The van der Waals surface area contributed by atoms with E-state index in [4.69, 9.17) is 0 Å². The Bertz CT molecular complexity index is 516. The maximum atomic E-state index is 11.0. The first-order valence-electron chi connectivity index (χ1n) is 5.56. The van der Waals surface area contributed by atoms with Crippen LogP contribution in [0.3, 0.4) is 0 Å². The topological polar surface area (TPSA) is 55.2 Å². The molecular weight excluding hydrogens is 228 g/mol. The van der Waals surface area contributed by atoms with Crippen LogP contribution in [0, 0.1) is 17.0 Å². The molecule has 0 aliphatic carbocycles. The predicted molar refractivity (Wildman–Crippen MR) is 73.8 cm³/mol. The molecule has 18 heavy (non-hydrogen) atoms. The zero-order valence-corrected chi connectivity index (χ0v) is 10.5. The van der Waals surface area contributed by atoms with Crippen LogP contribution in [-0.4, -0.2) is 4.92 Å². The molecule has 1 aromatic rings. The van der Waals surface area contributed by atoms with Crippen LogP contribution in [-0.2, 0) is 0 Å². The highest BCUT2D eigenvalue weighted by Crippen LogP contribution is 2.19. The van der Waals surface area contributed by atoms with Gasteiger partial charge in [0.2, 0.25) is 0 Å². The number of hydrogen-bond acceptors (Lipinski definition) is 3. The molecular formula is C14H16N2O2. The van der Waals surface area contributed by atoms with Gasteiger partial charge in [0.1, 0.15) is 5.70 Å². The van der Waals surface area contributed by atoms with E-state index in [2.05, 4.69) is 11.9 Å². The lowest BCUT2D eigenvalue weighted by atomic mass is 10.2. The van der Waals surface area contributed by atoms with Gasteiger partial charge in [-0.25, -0.2) is 0 Å². The van der Waals surface area contributed by atoms with Gasteiger partial charge in [0.05, 0.1) is 4.92 Å². The van der Waals surface area contributed by atoms with E-state index in [0.717, 1.165) is 11.3 Å². The normalized spacial score (nSPS) is 12.1. The quantitative estimate of drug-likeness (QED) is 0.488. The first-order chi connectivity index (χ1) is 8.60. The lowest BCUT2D eigenvalue weighted by molar-refractivity contribution is -0.420. The van der Waals surface area contributed by atoms with Gasteiger partial charge >= 0.3 is 0 Å². The van der Waals surface area contributed by atoms with Crippen LogP contribution >= 0.6 is 0 Å². The highest BCUT2D eigenvalue weighted by atomic mass is 16.6. The van der Waals surface area contributed by atoms with Crippen molar-refractivity contribution in [1.82, 2.24) is 0 Å². The number of nitrogens with zero attached hydrogens (tertiary/aromatic N) is 1. The molecule has 0 unspecified atom stereocenters. The molecule has 0 aromatic heterocycles. The second kappa shape index (κ2) is 6.39. The summed E-state index contributed by atoms with van der Waals surface area (Å²) < 4.78 is 0. The minimum atomic E-state index is -0.428. The molecule has 1 rings (SSSR count). The van der Waals surface area contributed by atoms with E-state index in [9.17, 15) is 10.1 Å². The molecule has 1 N–H and O–H groups in total. The summed E-state index contributed by atoms with van der Waals surface area (Å²) in [5, 5.41) is 14.0. The molecule has 0 atom stereocenters. The van der Waals surface area contributed by atoms with Crippen LogP contribution in [0.1, 0.15) is 12.5 Å². The Hall–Kier alpha value is -2.36. The third-order valence-corrected chi connectivity index (χ3v) is 2.45. The van der Waals surface area contributed by atoms with E-state index >= 15 is 0 Å². The zero-order chi connectivity index (χ0) is 13.5. The standard InChI is InChI=1S/C14H16N2O2/c1-4-8-14(16(17)18)12(5-2)15-13-10-7-6-9-11(13)3/h4-10,15H,1H2,2-3H3/b12-5+,14-8+. The van der Waals surface area contributed by atoms with Crippen molar-refractivity contribution >= 4 is 5.69 Å². The summed E-state index contributed by atoms with van der Waals surface area (Å²) in [6.07, 6.45) is 4.45. The van der Waals surface area contributed by atoms with Crippen molar-refractivity contribution < 1.29 is 4.92 Å². The van der Waals surface area contributed by atoms with Crippen molar-refractivity contribution in [2.75, 3.05) is 5.32 Å². The van der Waals surface area contributed by atoms with Crippen LogP contribution in [0.2, 0.25) is 0 Å². The van der Waals surface area contributed by atoms with Crippen molar-refractivity contribution in [3.63, 3.8) is 0 Å². The molecule has 0 saturated heterocycles. The number of aryl methyl sites for hydroxylation is 1. The van der Waals surface area contributed by atoms with Crippen LogP contribution < -0.4 is 5.32 Å². The molecule has 0 amide bonds. The number of nitro groups is 1. The van der Waals surface area contributed by atoms with Crippen LogP contribution in [0.25, 0.3) is 0 Å². The van der Waals surface area contributed by atoms with E-state index in [1.807, 2.05) is 31.2 Å². The third-order valence-electron chi connectivity index (χ3n) is 2.45. The van der Waals surface area contributed by atoms with Gasteiger partial charge in [0.15, 0.2) is 0 Å². The van der Waals surface area contributed by atoms with Gasteiger partial charge in [-0.3, -0.25) is 10.1 Å². The van der Waals surface area contributed by atoms with Crippen molar-refractivity contribution in [1.29, 1.82) is 0 Å². The summed E-state index contributed by atoms with van der Waals surface area (Å²) in [5.74, 6) is 0. The summed E-state index contributed by atoms with van der Waals surface area (Å²) in [6.45, 7) is 7.18. The molecule has 1 aromatic carbocycles. The van der Waals surface area contributed by atoms with Gasteiger partial charge in [0.25, 0.3) is 5.70 Å². The number of nitrogens with one attached hydrogen (secondary N) is 1. The molecule has 0 radical (unpaired) electrons. The van der Waals surface area contributed by atoms with Gasteiger partial charge < -0.3 is 5.32 Å². The summed E-state index contributed by atoms with van der Waals surface area (Å²) in [5.41, 5.74) is 2.32. The van der Waals surface area contributed by atoms with Crippen molar-refractivity contribution in [3.8, 4) is 0 Å². The highest BCUT2D eigenvalue weighted by Gasteiger charge is 2.16. The third kappa shape index (κ3) is 3.31. The molecule has 4 nitrogen and oxygen atoms in total. The Balaban J connectivity index is 3.06. The van der Waals surface area contributed by atoms with Crippen LogP contribution in [0.15, 0.2) is 60.5 Å². The fourth-order valence-corrected chi connectivity index (χ4v) is 1.50. The monoisotopic (exact) mass is 244 g/mol. The number of hydrogen-bond donors (Lipinski definition) is 1. The van der Waals surface area contributed by atoms with Crippen molar-refractivity contribution in [2.45, 2.75) is 13.8 Å². The maximum absolute atomic E-state index is 11.0. The molecule has 0 spiro atoms. The van der Waals surface area contributed by atoms with Crippen molar-refractivity contribution in [3.05, 3.63) is 76.1 Å². The predicted octanol–water partition coefficient (Wildman–Crippen LogP) is 3.66. The molecule has 0 fully saturated rings. The van der Waals surface area contributed by atoms with Gasteiger partial charge in [-0.2, -0.15) is 0 Å². The summed E-state index contributed by atoms with van der Waals surface area (Å²) >= 11 is 0.